The molecule has 1 fully saturated rings. The molecule has 0 saturated heterocycles. The molecule has 0 amide bonds. The highest BCUT2D eigenvalue weighted by atomic mass is 16.4. The van der Waals surface area contributed by atoms with E-state index in [1.807, 2.05) is 13.2 Å². The topological polar surface area (TPSA) is 38.1 Å². The van der Waals surface area contributed by atoms with E-state index in [0.717, 1.165) is 5.76 Å². The largest absolute Gasteiger partial charge is 0.428 e. The predicted octanol–water partition coefficient (Wildman–Crippen LogP) is 1.59. The van der Waals surface area contributed by atoms with Crippen LogP contribution in [0.15, 0.2) is 10.6 Å². The van der Waals surface area contributed by atoms with Crippen LogP contribution >= 0.6 is 0 Å². The van der Waals surface area contributed by atoms with E-state index in [4.69, 9.17) is 4.42 Å². The number of nitrogens with zero attached hydrogens (tertiary/aromatic N) is 1. The van der Waals surface area contributed by atoms with Crippen molar-refractivity contribution in [1.82, 2.24) is 4.98 Å². The molecule has 2 rings (SSSR count). The molecule has 1 aromatic rings. The number of hydrogen-bond donors (Lipinski definition) is 1. The minimum atomic E-state index is 0.627. The predicted molar refractivity (Wildman–Crippen MR) is 38.0 cm³/mol. The number of anilines is 1. The Kier molecular flexibility index (Phi) is 1.16. The second kappa shape index (κ2) is 2.01. The zero-order valence-corrected chi connectivity index (χ0v) is 5.92. The van der Waals surface area contributed by atoms with Gasteiger partial charge in [-0.1, -0.05) is 0 Å². The Morgan fingerprint density at radius 1 is 1.70 bits per heavy atom. The van der Waals surface area contributed by atoms with Crippen LogP contribution < -0.4 is 5.32 Å². The lowest BCUT2D eigenvalue weighted by Gasteiger charge is -1.88. The van der Waals surface area contributed by atoms with Gasteiger partial charge in [0.15, 0.2) is 0 Å². The van der Waals surface area contributed by atoms with Crippen molar-refractivity contribution in [3.63, 3.8) is 0 Å². The van der Waals surface area contributed by atoms with Crippen molar-refractivity contribution in [2.75, 3.05) is 12.4 Å². The maximum atomic E-state index is 5.33. The molecule has 0 spiro atoms. The lowest BCUT2D eigenvalue weighted by atomic mass is 10.3. The lowest BCUT2D eigenvalue weighted by Crippen LogP contribution is -1.85. The number of nitrogens with one attached hydrogen (secondary N) is 1. The van der Waals surface area contributed by atoms with E-state index in [2.05, 4.69) is 10.3 Å². The Morgan fingerprint density at radius 3 is 3.00 bits per heavy atom. The van der Waals surface area contributed by atoms with Crippen molar-refractivity contribution in [2.45, 2.75) is 18.8 Å². The van der Waals surface area contributed by atoms with Crippen LogP contribution in [0.3, 0.4) is 0 Å². The molecule has 1 heterocycles. The maximum absolute atomic E-state index is 5.33. The third kappa shape index (κ3) is 0.875. The first-order valence-corrected chi connectivity index (χ1v) is 3.53. The van der Waals surface area contributed by atoms with Gasteiger partial charge in [0.25, 0.3) is 6.01 Å². The standard InChI is InChI=1S/C7H10N2O/c1-8-7-9-4-6(10-7)5-2-3-5/h4-5H,2-3H2,1H3,(H,8,9). The number of hydrogen-bond acceptors (Lipinski definition) is 3. The summed E-state index contributed by atoms with van der Waals surface area (Å²) in [5.74, 6) is 1.69. The lowest BCUT2D eigenvalue weighted by molar-refractivity contribution is 0.522. The molecule has 54 valence electrons. The van der Waals surface area contributed by atoms with Gasteiger partial charge < -0.3 is 9.73 Å². The summed E-state index contributed by atoms with van der Waals surface area (Å²) in [5, 5.41) is 2.85. The molecule has 3 heteroatoms. The molecule has 1 aliphatic rings. The Labute approximate surface area is 59.4 Å². The molecule has 0 unspecified atom stereocenters. The van der Waals surface area contributed by atoms with Crippen LogP contribution in [0.25, 0.3) is 0 Å². The molecular weight excluding hydrogens is 128 g/mol. The first-order valence-electron chi connectivity index (χ1n) is 3.53. The van der Waals surface area contributed by atoms with Crippen LogP contribution in [0, 0.1) is 0 Å². The summed E-state index contributed by atoms with van der Waals surface area (Å²) in [4.78, 5) is 4.02. The van der Waals surface area contributed by atoms with Crippen LogP contribution in [0.2, 0.25) is 0 Å². The molecule has 0 atom stereocenters. The summed E-state index contributed by atoms with van der Waals surface area (Å²) in [5.41, 5.74) is 0. The zero-order valence-electron chi connectivity index (χ0n) is 5.92. The molecule has 1 saturated carbocycles. The molecule has 0 radical (unpaired) electrons. The van der Waals surface area contributed by atoms with Crippen LogP contribution in [0.4, 0.5) is 6.01 Å². The molecule has 1 aliphatic carbocycles. The summed E-state index contributed by atoms with van der Waals surface area (Å²) in [7, 11) is 1.81. The monoisotopic (exact) mass is 138 g/mol. The molecule has 1 aromatic heterocycles. The third-order valence-corrected chi connectivity index (χ3v) is 1.72. The highest BCUT2D eigenvalue weighted by Gasteiger charge is 2.27. The van der Waals surface area contributed by atoms with Crippen molar-refractivity contribution in [3.8, 4) is 0 Å². The molecular formula is C7H10N2O. The number of aromatic nitrogens is 1. The van der Waals surface area contributed by atoms with E-state index < -0.39 is 0 Å². The smallest absolute Gasteiger partial charge is 0.294 e. The summed E-state index contributed by atoms with van der Waals surface area (Å²) < 4.78 is 5.33. The van der Waals surface area contributed by atoms with E-state index in [1.165, 1.54) is 12.8 Å². The van der Waals surface area contributed by atoms with Crippen molar-refractivity contribution in [3.05, 3.63) is 12.0 Å². The van der Waals surface area contributed by atoms with E-state index in [1.54, 1.807) is 0 Å². The van der Waals surface area contributed by atoms with Crippen molar-refractivity contribution in [2.24, 2.45) is 0 Å². The van der Waals surface area contributed by atoms with Crippen LogP contribution in [-0.4, -0.2) is 12.0 Å². The van der Waals surface area contributed by atoms with Gasteiger partial charge in [0.05, 0.1) is 6.20 Å². The summed E-state index contributed by atoms with van der Waals surface area (Å²) in [6.07, 6.45) is 4.33. The Hall–Kier alpha value is -0.990. The van der Waals surface area contributed by atoms with Gasteiger partial charge in [-0.2, -0.15) is 0 Å². The van der Waals surface area contributed by atoms with E-state index >= 15 is 0 Å². The molecule has 3 nitrogen and oxygen atoms in total. The first-order chi connectivity index (χ1) is 4.90. The fourth-order valence-electron chi connectivity index (χ4n) is 0.959. The number of oxazole rings is 1. The second-order valence-corrected chi connectivity index (χ2v) is 2.59. The molecule has 10 heavy (non-hydrogen) atoms. The first kappa shape index (κ1) is 5.77. The van der Waals surface area contributed by atoms with E-state index in [9.17, 15) is 0 Å². The van der Waals surface area contributed by atoms with Gasteiger partial charge in [-0.15, -0.1) is 0 Å². The summed E-state index contributed by atoms with van der Waals surface area (Å²) in [6, 6.07) is 0.627. The summed E-state index contributed by atoms with van der Waals surface area (Å²) >= 11 is 0. The van der Waals surface area contributed by atoms with Gasteiger partial charge in [-0.3, -0.25) is 0 Å². The fraction of sp³-hybridized carbons (Fsp3) is 0.571. The zero-order chi connectivity index (χ0) is 6.97. The Balaban J connectivity index is 2.19. The van der Waals surface area contributed by atoms with Crippen LogP contribution in [0.1, 0.15) is 24.5 Å². The Morgan fingerprint density at radius 2 is 2.50 bits per heavy atom. The fourth-order valence-corrected chi connectivity index (χ4v) is 0.959. The number of rotatable bonds is 2. The molecule has 0 bridgehead atoms. The van der Waals surface area contributed by atoms with Gasteiger partial charge in [0.1, 0.15) is 5.76 Å². The van der Waals surface area contributed by atoms with E-state index in [0.29, 0.717) is 11.9 Å². The van der Waals surface area contributed by atoms with Crippen LogP contribution in [-0.2, 0) is 0 Å². The minimum absolute atomic E-state index is 0.627. The molecule has 0 aromatic carbocycles. The minimum Gasteiger partial charge on any atom is -0.428 e. The second-order valence-electron chi connectivity index (χ2n) is 2.59. The van der Waals surface area contributed by atoms with Crippen molar-refractivity contribution in [1.29, 1.82) is 0 Å². The third-order valence-electron chi connectivity index (χ3n) is 1.72. The van der Waals surface area contributed by atoms with Gasteiger partial charge in [0.2, 0.25) is 0 Å². The van der Waals surface area contributed by atoms with Crippen LogP contribution in [0.5, 0.6) is 0 Å². The van der Waals surface area contributed by atoms with Gasteiger partial charge in [-0.25, -0.2) is 4.98 Å². The SMILES string of the molecule is CNc1ncc(C2CC2)o1. The highest BCUT2D eigenvalue weighted by molar-refractivity contribution is 5.21. The van der Waals surface area contributed by atoms with E-state index in [-0.39, 0.29) is 0 Å². The normalized spacial score (nSPS) is 17.3. The summed E-state index contributed by atoms with van der Waals surface area (Å²) in [6.45, 7) is 0. The van der Waals surface area contributed by atoms with Crippen molar-refractivity contribution >= 4 is 6.01 Å². The Bertz CT molecular complexity index is 227. The quantitative estimate of drug-likeness (QED) is 0.674. The molecule has 0 aliphatic heterocycles. The maximum Gasteiger partial charge on any atom is 0.294 e. The van der Waals surface area contributed by atoms with Gasteiger partial charge in [0, 0.05) is 13.0 Å². The van der Waals surface area contributed by atoms with Gasteiger partial charge in [-0.05, 0) is 12.8 Å². The molecule has 1 N–H and O–H groups in total. The van der Waals surface area contributed by atoms with Gasteiger partial charge >= 0.3 is 0 Å². The van der Waals surface area contributed by atoms with Crippen molar-refractivity contribution < 1.29 is 4.42 Å². The average Bonchev–Trinajstić information content (AvgIpc) is 2.70. The highest BCUT2D eigenvalue weighted by Crippen LogP contribution is 2.40. The average molecular weight is 138 g/mol.